The lowest BCUT2D eigenvalue weighted by Gasteiger charge is -2.14. The molecule has 1 aliphatic rings. The van der Waals surface area contributed by atoms with E-state index in [0.717, 1.165) is 30.0 Å². The predicted molar refractivity (Wildman–Crippen MR) is 98.2 cm³/mol. The molecule has 1 heterocycles. The second kappa shape index (κ2) is 8.32. The van der Waals surface area contributed by atoms with Crippen molar-refractivity contribution in [2.45, 2.75) is 19.4 Å². The van der Waals surface area contributed by atoms with Crippen molar-refractivity contribution in [3.8, 4) is 17.2 Å². The van der Waals surface area contributed by atoms with E-state index in [4.69, 9.17) is 30.5 Å². The predicted octanol–water partition coefficient (Wildman–Crippen LogP) is 4.27. The van der Waals surface area contributed by atoms with Gasteiger partial charge in [0.25, 0.3) is 0 Å². The quantitative estimate of drug-likeness (QED) is 0.532. The topological polar surface area (TPSA) is 52.2 Å². The van der Waals surface area contributed by atoms with Gasteiger partial charge in [-0.1, -0.05) is 11.6 Å². The van der Waals surface area contributed by atoms with E-state index in [1.807, 2.05) is 44.3 Å². The Morgan fingerprint density at radius 1 is 1.12 bits per heavy atom. The number of benzene rings is 2. The van der Waals surface area contributed by atoms with E-state index in [0.29, 0.717) is 29.2 Å². The van der Waals surface area contributed by atoms with Gasteiger partial charge in [-0.15, -0.1) is 0 Å². The van der Waals surface area contributed by atoms with Crippen molar-refractivity contribution in [3.63, 3.8) is 0 Å². The third-order valence-corrected chi connectivity index (χ3v) is 4.17. The summed E-state index contributed by atoms with van der Waals surface area (Å²) in [6.45, 7) is 3.48. The van der Waals surface area contributed by atoms with Crippen molar-refractivity contribution < 1.29 is 18.9 Å². The zero-order chi connectivity index (χ0) is 17.6. The first-order valence-corrected chi connectivity index (χ1v) is 8.61. The van der Waals surface area contributed by atoms with Crippen LogP contribution < -0.4 is 19.5 Å². The summed E-state index contributed by atoms with van der Waals surface area (Å²) >= 11 is 6.31. The molecule has 2 aromatic carbocycles. The van der Waals surface area contributed by atoms with Crippen LogP contribution in [0.5, 0.6) is 17.2 Å². The lowest BCUT2D eigenvalue weighted by Crippen LogP contribution is -2.07. The number of aryl methyl sites for hydroxylation is 1. The molecule has 6 heteroatoms. The molecule has 0 saturated carbocycles. The lowest BCUT2D eigenvalue weighted by atomic mass is 10.2. The Morgan fingerprint density at radius 2 is 1.84 bits per heavy atom. The average molecular weight is 364 g/mol. The average Bonchev–Trinajstić information content (AvgIpc) is 3.42. The van der Waals surface area contributed by atoms with Gasteiger partial charge in [0.2, 0.25) is 6.79 Å². The number of hydrogen-bond donors (Lipinski definition) is 1. The highest BCUT2D eigenvalue weighted by Gasteiger charge is 2.22. The summed E-state index contributed by atoms with van der Waals surface area (Å²) in [4.78, 5) is 0. The van der Waals surface area contributed by atoms with E-state index in [1.165, 1.54) is 0 Å². The number of ether oxygens (including phenoxy) is 4. The largest absolute Gasteiger partial charge is 0.492 e. The summed E-state index contributed by atoms with van der Waals surface area (Å²) in [6, 6.07) is 11.3. The van der Waals surface area contributed by atoms with Gasteiger partial charge in [0.05, 0.1) is 24.3 Å². The summed E-state index contributed by atoms with van der Waals surface area (Å²) in [7, 11) is 1.87. The Balaban J connectivity index is 1.51. The van der Waals surface area contributed by atoms with Gasteiger partial charge in [0.1, 0.15) is 17.2 Å². The van der Waals surface area contributed by atoms with Crippen LogP contribution >= 0.6 is 11.6 Å². The SMILES string of the molecule is CNc1ccc(OCOc2cc(C)c(OCCC3CO3)c(Cl)c2)cc1. The Labute approximate surface area is 152 Å². The standard InChI is InChI=1S/C19H22ClNO4/c1-13-9-17(10-18(20)19(13)22-8-7-16-11-23-16)25-12-24-15-5-3-14(21-2)4-6-15/h3-6,9-10,16,21H,7-8,11-12H2,1-2H3. The van der Waals surface area contributed by atoms with Crippen molar-refractivity contribution in [3.05, 3.63) is 47.0 Å². The van der Waals surface area contributed by atoms with Crippen molar-refractivity contribution in [1.82, 2.24) is 0 Å². The Hall–Kier alpha value is -2.11. The number of halogens is 1. The first-order chi connectivity index (χ1) is 12.2. The Bertz CT molecular complexity index is 678. The van der Waals surface area contributed by atoms with Gasteiger partial charge >= 0.3 is 0 Å². The monoisotopic (exact) mass is 363 g/mol. The highest BCUT2D eigenvalue weighted by molar-refractivity contribution is 6.32. The Morgan fingerprint density at radius 3 is 2.48 bits per heavy atom. The zero-order valence-electron chi connectivity index (χ0n) is 14.4. The van der Waals surface area contributed by atoms with Crippen molar-refractivity contribution in [2.75, 3.05) is 32.4 Å². The summed E-state index contributed by atoms with van der Waals surface area (Å²) in [5, 5.41) is 3.59. The molecular formula is C19H22ClNO4. The summed E-state index contributed by atoms with van der Waals surface area (Å²) in [5.41, 5.74) is 1.96. The molecule has 134 valence electrons. The van der Waals surface area contributed by atoms with Gasteiger partial charge in [-0.25, -0.2) is 0 Å². The first kappa shape index (κ1) is 17.7. The Kier molecular flexibility index (Phi) is 5.89. The number of hydrogen-bond acceptors (Lipinski definition) is 5. The molecule has 5 nitrogen and oxygen atoms in total. The highest BCUT2D eigenvalue weighted by Crippen LogP contribution is 2.33. The molecule has 0 bridgehead atoms. The molecule has 0 radical (unpaired) electrons. The minimum Gasteiger partial charge on any atom is -0.492 e. The van der Waals surface area contributed by atoms with Crippen LogP contribution in [-0.4, -0.2) is 33.2 Å². The molecule has 0 aromatic heterocycles. The normalized spacial score (nSPS) is 15.6. The zero-order valence-corrected chi connectivity index (χ0v) is 15.1. The number of nitrogens with one attached hydrogen (secondary N) is 1. The van der Waals surface area contributed by atoms with Crippen molar-refractivity contribution in [1.29, 1.82) is 0 Å². The first-order valence-electron chi connectivity index (χ1n) is 8.23. The minimum absolute atomic E-state index is 0.105. The van der Waals surface area contributed by atoms with Crippen LogP contribution in [0.3, 0.4) is 0 Å². The minimum atomic E-state index is 0.105. The number of epoxide rings is 1. The van der Waals surface area contributed by atoms with Gasteiger partial charge in [-0.05, 0) is 42.8 Å². The highest BCUT2D eigenvalue weighted by atomic mass is 35.5. The smallest absolute Gasteiger partial charge is 0.230 e. The second-order valence-corrected chi connectivity index (χ2v) is 6.23. The molecule has 0 aliphatic carbocycles. The summed E-state index contributed by atoms with van der Waals surface area (Å²) in [6.07, 6.45) is 1.23. The molecule has 1 saturated heterocycles. The lowest BCUT2D eigenvalue weighted by molar-refractivity contribution is 0.119. The van der Waals surface area contributed by atoms with Crippen LogP contribution in [0.25, 0.3) is 0 Å². The molecule has 1 aliphatic heterocycles. The van der Waals surface area contributed by atoms with Crippen LogP contribution in [0.15, 0.2) is 36.4 Å². The fraction of sp³-hybridized carbons (Fsp3) is 0.368. The van der Waals surface area contributed by atoms with Crippen LogP contribution in [-0.2, 0) is 4.74 Å². The summed E-state index contributed by atoms with van der Waals surface area (Å²) in [5.74, 6) is 2.08. The van der Waals surface area contributed by atoms with E-state index in [9.17, 15) is 0 Å². The van der Waals surface area contributed by atoms with Gasteiger partial charge in [0, 0.05) is 25.2 Å². The molecule has 1 fully saturated rings. The fourth-order valence-corrected chi connectivity index (χ4v) is 2.69. The maximum atomic E-state index is 6.31. The molecule has 2 aromatic rings. The molecule has 1 unspecified atom stereocenters. The molecule has 25 heavy (non-hydrogen) atoms. The van der Waals surface area contributed by atoms with Crippen LogP contribution in [0.1, 0.15) is 12.0 Å². The number of anilines is 1. The summed E-state index contributed by atoms with van der Waals surface area (Å²) < 4.78 is 22.2. The molecule has 3 rings (SSSR count). The molecule has 1 N–H and O–H groups in total. The van der Waals surface area contributed by atoms with E-state index in [2.05, 4.69) is 5.32 Å². The van der Waals surface area contributed by atoms with E-state index < -0.39 is 0 Å². The van der Waals surface area contributed by atoms with Gasteiger partial charge < -0.3 is 24.3 Å². The van der Waals surface area contributed by atoms with E-state index >= 15 is 0 Å². The maximum Gasteiger partial charge on any atom is 0.230 e. The van der Waals surface area contributed by atoms with Crippen molar-refractivity contribution >= 4 is 17.3 Å². The van der Waals surface area contributed by atoms with Gasteiger partial charge in [0.15, 0.2) is 0 Å². The molecule has 0 amide bonds. The van der Waals surface area contributed by atoms with Gasteiger partial charge in [-0.2, -0.15) is 0 Å². The van der Waals surface area contributed by atoms with Crippen LogP contribution in [0, 0.1) is 6.92 Å². The van der Waals surface area contributed by atoms with Crippen LogP contribution in [0.4, 0.5) is 5.69 Å². The molecule has 0 spiro atoms. The number of rotatable bonds is 9. The molecule has 1 atom stereocenters. The van der Waals surface area contributed by atoms with Crippen LogP contribution in [0.2, 0.25) is 5.02 Å². The van der Waals surface area contributed by atoms with Crippen molar-refractivity contribution in [2.24, 2.45) is 0 Å². The third-order valence-electron chi connectivity index (χ3n) is 3.89. The molecular weight excluding hydrogens is 342 g/mol. The second-order valence-electron chi connectivity index (χ2n) is 5.82. The maximum absolute atomic E-state index is 6.31. The van der Waals surface area contributed by atoms with Gasteiger partial charge in [-0.3, -0.25) is 0 Å². The fourth-order valence-electron chi connectivity index (χ4n) is 2.38. The van der Waals surface area contributed by atoms with E-state index in [1.54, 1.807) is 6.07 Å². The van der Waals surface area contributed by atoms with E-state index in [-0.39, 0.29) is 6.79 Å². The third kappa shape index (κ3) is 5.18.